The van der Waals surface area contributed by atoms with Gasteiger partial charge in [-0.25, -0.2) is 4.39 Å². The zero-order valence-corrected chi connectivity index (χ0v) is 11.9. The number of nitrogens with zero attached hydrogens (tertiary/aromatic N) is 2. The minimum atomic E-state index is -0.217. The zero-order chi connectivity index (χ0) is 15.1. The summed E-state index contributed by atoms with van der Waals surface area (Å²) in [5, 5.41) is 8.82. The van der Waals surface area contributed by atoms with Crippen LogP contribution in [0.1, 0.15) is 11.1 Å². The third-order valence-electron chi connectivity index (χ3n) is 3.05. The van der Waals surface area contributed by atoms with Crippen LogP contribution >= 0.6 is 0 Å². The van der Waals surface area contributed by atoms with Gasteiger partial charge in [-0.1, -0.05) is 18.2 Å². The lowest BCUT2D eigenvalue weighted by Crippen LogP contribution is -2.23. The molecule has 0 radical (unpaired) electrons. The number of rotatable bonds is 6. The number of benzene rings is 2. The summed E-state index contributed by atoms with van der Waals surface area (Å²) < 4.78 is 18.7. The Hall–Kier alpha value is -2.38. The number of hydrogen-bond donors (Lipinski definition) is 0. The molecule has 2 rings (SSSR count). The van der Waals surface area contributed by atoms with E-state index in [9.17, 15) is 4.39 Å². The highest BCUT2D eigenvalue weighted by Crippen LogP contribution is 2.12. The highest BCUT2D eigenvalue weighted by Gasteiger charge is 2.02. The Bertz CT molecular complexity index is 637. The first-order valence-corrected chi connectivity index (χ1v) is 6.73. The monoisotopic (exact) mass is 284 g/mol. The van der Waals surface area contributed by atoms with E-state index in [1.165, 1.54) is 12.1 Å². The van der Waals surface area contributed by atoms with Crippen molar-refractivity contribution in [3.8, 4) is 11.8 Å². The van der Waals surface area contributed by atoms with Crippen LogP contribution in [0.2, 0.25) is 0 Å². The van der Waals surface area contributed by atoms with Crippen LogP contribution < -0.4 is 4.74 Å². The Morgan fingerprint density at radius 2 is 2.00 bits per heavy atom. The van der Waals surface area contributed by atoms with Gasteiger partial charge in [0.25, 0.3) is 0 Å². The first-order chi connectivity index (χ1) is 10.2. The number of halogens is 1. The van der Waals surface area contributed by atoms with E-state index in [1.54, 1.807) is 24.3 Å². The van der Waals surface area contributed by atoms with E-state index in [2.05, 4.69) is 11.0 Å². The van der Waals surface area contributed by atoms with Crippen molar-refractivity contribution in [2.45, 2.75) is 6.54 Å². The summed E-state index contributed by atoms with van der Waals surface area (Å²) in [7, 11) is 1.96. The molecule has 2 aromatic carbocycles. The van der Waals surface area contributed by atoms with Gasteiger partial charge in [0.2, 0.25) is 0 Å². The molecule has 0 bridgehead atoms. The van der Waals surface area contributed by atoms with Crippen LogP contribution in [-0.2, 0) is 6.54 Å². The Morgan fingerprint density at radius 1 is 1.19 bits per heavy atom. The number of nitriles is 1. The van der Waals surface area contributed by atoms with Crippen LogP contribution in [0.4, 0.5) is 4.39 Å². The number of hydrogen-bond acceptors (Lipinski definition) is 3. The maximum Gasteiger partial charge on any atom is 0.123 e. The minimum absolute atomic E-state index is 0.217. The van der Waals surface area contributed by atoms with Crippen molar-refractivity contribution in [1.82, 2.24) is 4.90 Å². The lowest BCUT2D eigenvalue weighted by molar-refractivity contribution is 0.232. The average Bonchev–Trinajstić information content (AvgIpc) is 2.47. The Morgan fingerprint density at radius 3 is 2.76 bits per heavy atom. The lowest BCUT2D eigenvalue weighted by atomic mass is 10.2. The summed E-state index contributed by atoms with van der Waals surface area (Å²) in [5.74, 6) is 0.471. The van der Waals surface area contributed by atoms with Crippen LogP contribution in [-0.4, -0.2) is 25.1 Å². The van der Waals surface area contributed by atoms with Crippen molar-refractivity contribution in [1.29, 1.82) is 5.26 Å². The van der Waals surface area contributed by atoms with Crippen LogP contribution in [0.5, 0.6) is 5.75 Å². The van der Waals surface area contributed by atoms with Gasteiger partial charge in [-0.05, 0) is 42.9 Å². The van der Waals surface area contributed by atoms with E-state index in [1.807, 2.05) is 19.2 Å². The van der Waals surface area contributed by atoms with Gasteiger partial charge in [0.05, 0.1) is 11.6 Å². The molecule has 0 atom stereocenters. The minimum Gasteiger partial charge on any atom is -0.492 e. The summed E-state index contributed by atoms with van der Waals surface area (Å²) in [5.41, 5.74) is 1.52. The number of likely N-dealkylation sites (N-methyl/N-ethyl adjacent to an activating group) is 1. The van der Waals surface area contributed by atoms with Crippen LogP contribution in [0.3, 0.4) is 0 Å². The Balaban J connectivity index is 1.79. The normalized spacial score (nSPS) is 10.4. The molecule has 0 aliphatic rings. The molecule has 21 heavy (non-hydrogen) atoms. The molecular formula is C17H17FN2O. The molecule has 0 amide bonds. The molecule has 0 spiro atoms. The largest absolute Gasteiger partial charge is 0.492 e. The second kappa shape index (κ2) is 7.41. The zero-order valence-electron chi connectivity index (χ0n) is 11.9. The first-order valence-electron chi connectivity index (χ1n) is 6.73. The number of ether oxygens (including phenoxy) is 1. The Kier molecular flexibility index (Phi) is 5.30. The third kappa shape index (κ3) is 4.90. The van der Waals surface area contributed by atoms with Crippen LogP contribution in [0, 0.1) is 17.1 Å². The van der Waals surface area contributed by atoms with Gasteiger partial charge >= 0.3 is 0 Å². The maximum absolute atomic E-state index is 13.1. The van der Waals surface area contributed by atoms with E-state index in [4.69, 9.17) is 10.00 Å². The molecule has 3 nitrogen and oxygen atoms in total. The van der Waals surface area contributed by atoms with E-state index < -0.39 is 0 Å². The maximum atomic E-state index is 13.1. The van der Waals surface area contributed by atoms with Gasteiger partial charge in [-0.15, -0.1) is 0 Å². The molecule has 2 aromatic rings. The van der Waals surface area contributed by atoms with Gasteiger partial charge in [-0.2, -0.15) is 5.26 Å². The molecule has 0 fully saturated rings. The smallest absolute Gasteiger partial charge is 0.123 e. The van der Waals surface area contributed by atoms with Gasteiger partial charge in [0, 0.05) is 13.1 Å². The highest BCUT2D eigenvalue weighted by molar-refractivity contribution is 5.36. The molecule has 0 saturated heterocycles. The summed E-state index contributed by atoms with van der Waals surface area (Å²) >= 11 is 0. The fourth-order valence-electron chi connectivity index (χ4n) is 2.00. The molecule has 0 aromatic heterocycles. The molecule has 0 aliphatic heterocycles. The van der Waals surface area contributed by atoms with Crippen molar-refractivity contribution in [2.75, 3.05) is 20.2 Å². The quantitative estimate of drug-likeness (QED) is 0.817. The van der Waals surface area contributed by atoms with Gasteiger partial charge < -0.3 is 4.74 Å². The fraction of sp³-hybridized carbons (Fsp3) is 0.235. The van der Waals surface area contributed by atoms with E-state index in [0.29, 0.717) is 31.0 Å². The summed E-state index contributed by atoms with van der Waals surface area (Å²) in [6, 6.07) is 15.7. The van der Waals surface area contributed by atoms with E-state index >= 15 is 0 Å². The van der Waals surface area contributed by atoms with Crippen molar-refractivity contribution in [3.05, 3.63) is 65.5 Å². The second-order valence-electron chi connectivity index (χ2n) is 4.86. The average molecular weight is 284 g/mol. The summed E-state index contributed by atoms with van der Waals surface area (Å²) in [4.78, 5) is 2.06. The van der Waals surface area contributed by atoms with Crippen molar-refractivity contribution >= 4 is 0 Å². The second-order valence-corrected chi connectivity index (χ2v) is 4.86. The lowest BCUT2D eigenvalue weighted by Gasteiger charge is -2.17. The molecule has 0 heterocycles. The molecule has 0 unspecified atom stereocenters. The van der Waals surface area contributed by atoms with E-state index in [-0.39, 0.29) is 5.82 Å². The van der Waals surface area contributed by atoms with Gasteiger partial charge in [0.15, 0.2) is 0 Å². The van der Waals surface area contributed by atoms with Gasteiger partial charge in [-0.3, -0.25) is 4.90 Å². The van der Waals surface area contributed by atoms with Crippen molar-refractivity contribution < 1.29 is 9.13 Å². The Labute approximate surface area is 124 Å². The predicted octanol–water partition coefficient (Wildman–Crippen LogP) is 3.21. The van der Waals surface area contributed by atoms with E-state index in [0.717, 1.165) is 5.56 Å². The van der Waals surface area contributed by atoms with Crippen LogP contribution in [0.25, 0.3) is 0 Å². The molecule has 0 saturated carbocycles. The SMILES string of the molecule is CN(CCOc1cccc(C#N)c1)Cc1cccc(F)c1. The topological polar surface area (TPSA) is 36.3 Å². The molecule has 0 N–H and O–H groups in total. The molecular weight excluding hydrogens is 267 g/mol. The standard InChI is InChI=1S/C17H17FN2O/c1-20(13-15-5-2-6-16(18)10-15)8-9-21-17-7-3-4-14(11-17)12-19/h2-7,10-11H,8-9,13H2,1H3. The third-order valence-corrected chi connectivity index (χ3v) is 3.05. The molecule has 108 valence electrons. The van der Waals surface area contributed by atoms with Crippen molar-refractivity contribution in [3.63, 3.8) is 0 Å². The summed E-state index contributed by atoms with van der Waals surface area (Å²) in [6.07, 6.45) is 0. The predicted molar refractivity (Wildman–Crippen MR) is 79.4 cm³/mol. The van der Waals surface area contributed by atoms with Gasteiger partial charge in [0.1, 0.15) is 18.2 Å². The van der Waals surface area contributed by atoms with Crippen molar-refractivity contribution in [2.24, 2.45) is 0 Å². The molecule has 0 aliphatic carbocycles. The first kappa shape index (κ1) is 15.0. The molecule has 4 heteroatoms. The summed E-state index contributed by atoms with van der Waals surface area (Å²) in [6.45, 7) is 1.90. The van der Waals surface area contributed by atoms with Crippen LogP contribution in [0.15, 0.2) is 48.5 Å². The highest BCUT2D eigenvalue weighted by atomic mass is 19.1. The fourth-order valence-corrected chi connectivity index (χ4v) is 2.00.